The quantitative estimate of drug-likeness (QED) is 0.528. The van der Waals surface area contributed by atoms with Gasteiger partial charge in [-0.3, -0.25) is 9.36 Å². The Balaban J connectivity index is 1.55. The average molecular weight is 472 g/mol. The van der Waals surface area contributed by atoms with E-state index in [2.05, 4.69) is 20.4 Å². The Morgan fingerprint density at radius 3 is 2.44 bits per heavy atom. The second-order valence-electron chi connectivity index (χ2n) is 7.75. The summed E-state index contributed by atoms with van der Waals surface area (Å²) in [4.78, 5) is 14.9. The second-order valence-corrected chi connectivity index (χ2v) is 10.7. The second kappa shape index (κ2) is 9.33. The van der Waals surface area contributed by atoms with Crippen LogP contribution in [-0.4, -0.2) is 54.2 Å². The molecule has 1 aliphatic rings. The van der Waals surface area contributed by atoms with Crippen LogP contribution in [0.25, 0.3) is 5.69 Å². The maximum absolute atomic E-state index is 12.6. The molecule has 0 spiro atoms. The number of para-hydroxylation sites is 1. The van der Waals surface area contributed by atoms with Gasteiger partial charge in [-0.15, -0.1) is 10.2 Å². The van der Waals surface area contributed by atoms with E-state index in [9.17, 15) is 13.2 Å². The molecule has 32 heavy (non-hydrogen) atoms. The molecule has 0 aliphatic carbocycles. The minimum absolute atomic E-state index is 0.0715. The van der Waals surface area contributed by atoms with Gasteiger partial charge in [0.2, 0.25) is 11.9 Å². The molecule has 3 aromatic rings. The Morgan fingerprint density at radius 2 is 1.75 bits per heavy atom. The van der Waals surface area contributed by atoms with Crippen molar-refractivity contribution in [2.75, 3.05) is 35.3 Å². The zero-order valence-corrected chi connectivity index (χ0v) is 19.6. The monoisotopic (exact) mass is 471 g/mol. The number of thioether (sulfide) groups is 1. The Morgan fingerprint density at radius 1 is 1.06 bits per heavy atom. The number of nitrogens with zero attached hydrogens (tertiary/aromatic N) is 4. The number of carbonyl (C=O) groups excluding carboxylic acids is 1. The minimum atomic E-state index is -3.45. The molecule has 0 atom stereocenters. The molecule has 1 fully saturated rings. The molecule has 1 N–H and O–H groups in total. The van der Waals surface area contributed by atoms with Crippen LogP contribution >= 0.6 is 11.8 Å². The SMILES string of the molecule is Cc1ccc(-n2c(SCC(=O)Nc3ccccc3S(C)(=O)=O)nnc2N2CCCC2)cc1. The van der Waals surface area contributed by atoms with Gasteiger partial charge in [0.1, 0.15) is 0 Å². The molecule has 0 unspecified atom stereocenters. The lowest BCUT2D eigenvalue weighted by atomic mass is 10.2. The third-order valence-electron chi connectivity index (χ3n) is 5.19. The first-order valence-electron chi connectivity index (χ1n) is 10.3. The van der Waals surface area contributed by atoms with Crippen molar-refractivity contribution in [3.63, 3.8) is 0 Å². The predicted molar refractivity (Wildman–Crippen MR) is 126 cm³/mol. The highest BCUT2D eigenvalue weighted by atomic mass is 32.2. The van der Waals surface area contributed by atoms with Crippen molar-refractivity contribution in [2.24, 2.45) is 0 Å². The third kappa shape index (κ3) is 4.97. The fourth-order valence-corrected chi connectivity index (χ4v) is 5.20. The number of hydrogen-bond donors (Lipinski definition) is 1. The van der Waals surface area contributed by atoms with Gasteiger partial charge in [0, 0.05) is 19.3 Å². The first kappa shape index (κ1) is 22.3. The van der Waals surface area contributed by atoms with Gasteiger partial charge in [-0.1, -0.05) is 41.6 Å². The first-order valence-corrected chi connectivity index (χ1v) is 13.2. The van der Waals surface area contributed by atoms with Crippen LogP contribution in [0.1, 0.15) is 18.4 Å². The first-order chi connectivity index (χ1) is 15.3. The zero-order chi connectivity index (χ0) is 22.7. The topological polar surface area (TPSA) is 97.2 Å². The molecule has 2 heterocycles. The molecule has 0 radical (unpaired) electrons. The number of rotatable bonds is 7. The standard InChI is InChI=1S/C22H25N5O3S2/c1-16-9-11-17(12-10-16)27-21(26-13-5-6-14-26)24-25-22(27)31-15-20(28)23-18-7-3-4-8-19(18)32(2,29)30/h3-4,7-12H,5-6,13-15H2,1-2H3,(H,23,28). The van der Waals surface area contributed by atoms with E-state index in [1.54, 1.807) is 18.2 Å². The highest BCUT2D eigenvalue weighted by Crippen LogP contribution is 2.29. The molecule has 4 rings (SSSR count). The summed E-state index contributed by atoms with van der Waals surface area (Å²) < 4.78 is 26.0. The number of aryl methyl sites for hydroxylation is 1. The highest BCUT2D eigenvalue weighted by molar-refractivity contribution is 7.99. The van der Waals surface area contributed by atoms with E-state index in [-0.39, 0.29) is 22.2 Å². The van der Waals surface area contributed by atoms with Gasteiger partial charge in [-0.05, 0) is 44.0 Å². The number of benzene rings is 2. The van der Waals surface area contributed by atoms with Gasteiger partial charge in [0.25, 0.3) is 0 Å². The van der Waals surface area contributed by atoms with Gasteiger partial charge >= 0.3 is 0 Å². The molecule has 2 aromatic carbocycles. The van der Waals surface area contributed by atoms with Crippen molar-refractivity contribution in [1.29, 1.82) is 0 Å². The fraction of sp³-hybridized carbons (Fsp3) is 0.318. The number of amides is 1. The maximum Gasteiger partial charge on any atom is 0.234 e. The lowest BCUT2D eigenvalue weighted by molar-refractivity contribution is -0.113. The van der Waals surface area contributed by atoms with Gasteiger partial charge in [0.15, 0.2) is 15.0 Å². The predicted octanol–water partition coefficient (Wildman–Crippen LogP) is 3.31. The summed E-state index contributed by atoms with van der Waals surface area (Å²) in [6.07, 6.45) is 3.35. The molecular weight excluding hydrogens is 446 g/mol. The summed E-state index contributed by atoms with van der Waals surface area (Å²) in [5.41, 5.74) is 2.37. The van der Waals surface area contributed by atoms with Gasteiger partial charge in [0.05, 0.1) is 22.0 Å². The normalized spacial score (nSPS) is 14.0. The van der Waals surface area contributed by atoms with Gasteiger partial charge in [-0.2, -0.15) is 0 Å². The Hall–Kier alpha value is -2.85. The van der Waals surface area contributed by atoms with Crippen LogP contribution in [0, 0.1) is 6.92 Å². The van der Waals surface area contributed by atoms with Crippen LogP contribution in [-0.2, 0) is 14.6 Å². The molecule has 1 aromatic heterocycles. The van der Waals surface area contributed by atoms with Crippen LogP contribution in [0.15, 0.2) is 58.6 Å². The van der Waals surface area contributed by atoms with Crippen LogP contribution in [0.3, 0.4) is 0 Å². The van der Waals surface area contributed by atoms with Crippen LogP contribution in [0.5, 0.6) is 0 Å². The van der Waals surface area contributed by atoms with E-state index >= 15 is 0 Å². The van der Waals surface area contributed by atoms with Crippen molar-refractivity contribution in [2.45, 2.75) is 29.8 Å². The Bertz CT molecular complexity index is 1220. The number of hydrogen-bond acceptors (Lipinski definition) is 7. The van der Waals surface area contributed by atoms with Crippen molar-refractivity contribution in [3.8, 4) is 5.69 Å². The Kier molecular flexibility index (Phi) is 6.52. The average Bonchev–Trinajstić information content (AvgIpc) is 3.42. The number of anilines is 2. The van der Waals surface area contributed by atoms with Crippen molar-refractivity contribution in [1.82, 2.24) is 14.8 Å². The molecule has 1 saturated heterocycles. The van der Waals surface area contributed by atoms with Crippen LogP contribution in [0.4, 0.5) is 11.6 Å². The Labute approximate surface area is 192 Å². The summed E-state index contributed by atoms with van der Waals surface area (Å²) in [6, 6.07) is 14.5. The summed E-state index contributed by atoms with van der Waals surface area (Å²) in [5.74, 6) is 0.534. The molecule has 0 saturated carbocycles. The summed E-state index contributed by atoms with van der Waals surface area (Å²) >= 11 is 1.27. The maximum atomic E-state index is 12.6. The van der Waals surface area contributed by atoms with Crippen LogP contribution in [0.2, 0.25) is 0 Å². The molecule has 8 nitrogen and oxygen atoms in total. The van der Waals surface area contributed by atoms with Crippen molar-refractivity contribution in [3.05, 3.63) is 54.1 Å². The lowest BCUT2D eigenvalue weighted by Gasteiger charge is -2.18. The minimum Gasteiger partial charge on any atom is -0.341 e. The van der Waals surface area contributed by atoms with E-state index in [1.165, 1.54) is 17.8 Å². The molecule has 1 aliphatic heterocycles. The van der Waals surface area contributed by atoms with E-state index in [0.29, 0.717) is 5.16 Å². The number of carbonyl (C=O) groups is 1. The highest BCUT2D eigenvalue weighted by Gasteiger charge is 2.23. The molecule has 1 amide bonds. The number of aromatic nitrogens is 3. The lowest BCUT2D eigenvalue weighted by Crippen LogP contribution is -2.22. The zero-order valence-electron chi connectivity index (χ0n) is 18.0. The number of nitrogens with one attached hydrogen (secondary N) is 1. The number of sulfone groups is 1. The van der Waals surface area contributed by atoms with E-state index in [0.717, 1.165) is 49.4 Å². The summed E-state index contributed by atoms with van der Waals surface area (Å²) in [7, 11) is -3.45. The summed E-state index contributed by atoms with van der Waals surface area (Å²) in [5, 5.41) is 12.1. The van der Waals surface area contributed by atoms with E-state index < -0.39 is 9.84 Å². The molecule has 0 bridgehead atoms. The van der Waals surface area contributed by atoms with Crippen molar-refractivity contribution < 1.29 is 13.2 Å². The van der Waals surface area contributed by atoms with E-state index in [4.69, 9.17) is 0 Å². The molecular formula is C22H25N5O3S2. The molecule has 10 heteroatoms. The summed E-state index contributed by atoms with van der Waals surface area (Å²) in [6.45, 7) is 3.89. The van der Waals surface area contributed by atoms with Crippen LogP contribution < -0.4 is 10.2 Å². The van der Waals surface area contributed by atoms with Crippen molar-refractivity contribution >= 4 is 39.1 Å². The van der Waals surface area contributed by atoms with Gasteiger partial charge in [-0.25, -0.2) is 8.42 Å². The molecule has 168 valence electrons. The smallest absolute Gasteiger partial charge is 0.234 e. The van der Waals surface area contributed by atoms with Gasteiger partial charge < -0.3 is 10.2 Å². The third-order valence-corrected chi connectivity index (χ3v) is 7.27. The fourth-order valence-electron chi connectivity index (χ4n) is 3.61. The van der Waals surface area contributed by atoms with E-state index in [1.807, 2.05) is 35.8 Å². The largest absolute Gasteiger partial charge is 0.341 e.